The van der Waals surface area contributed by atoms with Crippen LogP contribution in [0.5, 0.6) is 0 Å². The number of hydrogen-bond donors (Lipinski definition) is 0. The van der Waals surface area contributed by atoms with Gasteiger partial charge in [0.2, 0.25) is 0 Å². The van der Waals surface area contributed by atoms with E-state index in [1.807, 2.05) is 6.92 Å². The van der Waals surface area contributed by atoms with Gasteiger partial charge in [0, 0.05) is 0 Å². The summed E-state index contributed by atoms with van der Waals surface area (Å²) in [6.45, 7) is 12.9. The number of cyclic esters (lactones) is 2. The number of rotatable bonds is 18. The van der Waals surface area contributed by atoms with Gasteiger partial charge in [-0.05, 0) is 37.1 Å². The third-order valence-electron chi connectivity index (χ3n) is 7.68. The first kappa shape index (κ1) is 42.3. The van der Waals surface area contributed by atoms with Crippen molar-refractivity contribution in [3.8, 4) is 0 Å². The molecule has 8 nitrogen and oxygen atoms in total. The molecular formula is C40H60O8. The summed E-state index contributed by atoms with van der Waals surface area (Å²) in [7, 11) is 0. The Labute approximate surface area is 289 Å². The lowest BCUT2D eigenvalue weighted by molar-refractivity contribution is -0.302. The summed E-state index contributed by atoms with van der Waals surface area (Å²) in [6, 6.07) is 11.9. The molecule has 0 spiro atoms. The van der Waals surface area contributed by atoms with Gasteiger partial charge in [-0.25, -0.2) is 19.2 Å². The summed E-state index contributed by atoms with van der Waals surface area (Å²) < 4.78 is 21.4. The fourth-order valence-corrected chi connectivity index (χ4v) is 4.88. The molecule has 0 aliphatic carbocycles. The number of hydrogen-bond acceptors (Lipinski definition) is 8. The van der Waals surface area contributed by atoms with E-state index in [0.717, 1.165) is 6.42 Å². The van der Waals surface area contributed by atoms with Crippen molar-refractivity contribution >= 4 is 23.9 Å². The molecule has 0 radical (unpaired) electrons. The van der Waals surface area contributed by atoms with E-state index in [1.165, 1.54) is 101 Å². The second kappa shape index (κ2) is 25.4. The number of ether oxygens (including phenoxy) is 4. The highest BCUT2D eigenvalue weighted by molar-refractivity contribution is 6.05. The van der Waals surface area contributed by atoms with Crippen LogP contribution in [-0.4, -0.2) is 36.5 Å². The van der Waals surface area contributed by atoms with E-state index in [0.29, 0.717) is 12.8 Å². The highest BCUT2D eigenvalue weighted by Gasteiger charge is 2.47. The van der Waals surface area contributed by atoms with Crippen molar-refractivity contribution in [1.82, 2.24) is 0 Å². The lowest BCUT2D eigenvalue weighted by Gasteiger charge is -2.29. The Hall–Kier alpha value is -3.68. The van der Waals surface area contributed by atoms with Crippen molar-refractivity contribution in [3.05, 3.63) is 70.8 Å². The average molecular weight is 669 g/mol. The largest absolute Gasteiger partial charge is 0.462 e. The highest BCUT2D eigenvalue weighted by Crippen LogP contribution is 2.31. The molecule has 8 heteroatoms. The van der Waals surface area contributed by atoms with E-state index in [2.05, 4.69) is 27.7 Å². The molecule has 0 atom stereocenters. The predicted molar refractivity (Wildman–Crippen MR) is 190 cm³/mol. The van der Waals surface area contributed by atoms with Crippen molar-refractivity contribution in [2.75, 3.05) is 6.61 Å². The van der Waals surface area contributed by atoms with E-state index in [1.54, 1.807) is 31.2 Å². The molecule has 0 N–H and O–H groups in total. The first-order chi connectivity index (χ1) is 23.2. The Kier molecular flexibility index (Phi) is 22.4. The lowest BCUT2D eigenvalue weighted by atomic mass is 10.1. The van der Waals surface area contributed by atoms with E-state index in [-0.39, 0.29) is 35.3 Å². The van der Waals surface area contributed by atoms with Gasteiger partial charge in [-0.3, -0.25) is 0 Å². The van der Waals surface area contributed by atoms with Crippen LogP contribution in [0.3, 0.4) is 0 Å². The van der Waals surface area contributed by atoms with Gasteiger partial charge in [-0.2, -0.15) is 0 Å². The predicted octanol–water partition coefficient (Wildman–Crippen LogP) is 11.0. The molecule has 1 aliphatic heterocycles. The number of unbranched alkanes of at least 4 members (excludes halogenated alkanes) is 11. The zero-order chi connectivity index (χ0) is 35.6. The first-order valence-electron chi connectivity index (χ1n) is 18.3. The van der Waals surface area contributed by atoms with E-state index >= 15 is 0 Å². The van der Waals surface area contributed by atoms with Crippen LogP contribution >= 0.6 is 0 Å². The molecule has 0 unspecified atom stereocenters. The van der Waals surface area contributed by atoms with Gasteiger partial charge in [0.25, 0.3) is 0 Å². The third kappa shape index (κ3) is 15.5. The second-order valence-corrected chi connectivity index (χ2v) is 12.0. The van der Waals surface area contributed by atoms with Gasteiger partial charge >= 0.3 is 29.9 Å². The van der Waals surface area contributed by atoms with Gasteiger partial charge in [0.15, 0.2) is 0 Å². The van der Waals surface area contributed by atoms with E-state index in [4.69, 9.17) is 18.9 Å². The van der Waals surface area contributed by atoms with E-state index in [9.17, 15) is 19.2 Å². The minimum atomic E-state index is -2.27. The molecule has 0 saturated heterocycles. The van der Waals surface area contributed by atoms with Crippen LogP contribution in [0.2, 0.25) is 0 Å². The molecule has 268 valence electrons. The van der Waals surface area contributed by atoms with Gasteiger partial charge in [-0.1, -0.05) is 149 Å². The quantitative estimate of drug-likeness (QED) is 0.114. The maximum atomic E-state index is 13.0. The Morgan fingerprint density at radius 2 is 0.938 bits per heavy atom. The summed E-state index contributed by atoms with van der Waals surface area (Å²) in [5.74, 6) is -5.66. The SMILES string of the molecule is CCCCCCCC.CCCCCCCC.CCCCOC(=O)c1ccccc1C(=O)OC1(CCC)OC(=O)c2ccccc2C(=O)O1. The molecule has 0 saturated carbocycles. The number of carbonyl (C=O) groups is 4. The number of esters is 4. The van der Waals surface area contributed by atoms with Crippen LogP contribution in [0.15, 0.2) is 48.5 Å². The average Bonchev–Trinajstić information content (AvgIpc) is 3.19. The van der Waals surface area contributed by atoms with Gasteiger partial charge in [0.1, 0.15) is 0 Å². The summed E-state index contributed by atoms with van der Waals surface area (Å²) >= 11 is 0. The molecule has 0 fully saturated rings. The van der Waals surface area contributed by atoms with Crippen LogP contribution in [-0.2, 0) is 18.9 Å². The highest BCUT2D eigenvalue weighted by atomic mass is 16.9. The lowest BCUT2D eigenvalue weighted by Crippen LogP contribution is -2.43. The standard InChI is InChI=1S/C24H24O8.2C8H18/c1-3-5-15-29-20(25)16-10-6-7-11-17(16)21(26)30-24(14-4-2)31-22(27)18-12-8-9-13-19(18)23(28)32-24;2*1-3-5-7-8-6-4-2/h6-13H,3-5,14-15H2,1-2H3;2*3-8H2,1-2H3. The van der Waals surface area contributed by atoms with Gasteiger partial charge < -0.3 is 18.9 Å². The monoisotopic (exact) mass is 668 g/mol. The molecule has 3 rings (SSSR count). The Morgan fingerprint density at radius 1 is 0.542 bits per heavy atom. The molecule has 2 aromatic carbocycles. The summed E-state index contributed by atoms with van der Waals surface area (Å²) in [4.78, 5) is 50.8. The maximum absolute atomic E-state index is 13.0. The fourth-order valence-electron chi connectivity index (χ4n) is 4.88. The molecule has 2 aromatic rings. The summed E-state index contributed by atoms with van der Waals surface area (Å²) in [5, 5.41) is 0. The summed E-state index contributed by atoms with van der Waals surface area (Å²) in [5.41, 5.74) is -0.0917. The maximum Gasteiger partial charge on any atom is 0.424 e. The van der Waals surface area contributed by atoms with Crippen LogP contribution in [0.4, 0.5) is 0 Å². The second-order valence-electron chi connectivity index (χ2n) is 12.0. The number of carbonyl (C=O) groups excluding carboxylic acids is 4. The zero-order valence-corrected chi connectivity index (χ0v) is 30.4. The smallest absolute Gasteiger partial charge is 0.424 e. The normalized spacial score (nSPS) is 12.9. The molecule has 48 heavy (non-hydrogen) atoms. The van der Waals surface area contributed by atoms with Crippen LogP contribution in [0.1, 0.15) is 186 Å². The summed E-state index contributed by atoms with van der Waals surface area (Å²) in [6.07, 6.45) is 18.8. The van der Waals surface area contributed by atoms with Gasteiger partial charge in [-0.15, -0.1) is 0 Å². The third-order valence-corrected chi connectivity index (χ3v) is 7.68. The number of benzene rings is 2. The molecule has 1 aliphatic rings. The first-order valence-corrected chi connectivity index (χ1v) is 18.3. The van der Waals surface area contributed by atoms with Crippen molar-refractivity contribution in [3.63, 3.8) is 0 Å². The fraction of sp³-hybridized carbons (Fsp3) is 0.600. The topological polar surface area (TPSA) is 105 Å². The van der Waals surface area contributed by atoms with Crippen LogP contribution < -0.4 is 0 Å². The Bertz CT molecular complexity index is 1160. The number of fused-ring (bicyclic) bond motifs is 1. The van der Waals surface area contributed by atoms with Crippen molar-refractivity contribution in [2.24, 2.45) is 0 Å². The molecule has 1 heterocycles. The van der Waals surface area contributed by atoms with E-state index < -0.39 is 29.9 Å². The van der Waals surface area contributed by atoms with Crippen molar-refractivity contribution in [1.29, 1.82) is 0 Å². The van der Waals surface area contributed by atoms with Crippen LogP contribution in [0.25, 0.3) is 0 Å². The van der Waals surface area contributed by atoms with Crippen molar-refractivity contribution < 1.29 is 38.1 Å². The minimum Gasteiger partial charge on any atom is -0.462 e. The molecule has 0 amide bonds. The Balaban J connectivity index is 0.000000594. The Morgan fingerprint density at radius 3 is 1.33 bits per heavy atom. The molecular weight excluding hydrogens is 608 g/mol. The minimum absolute atomic E-state index is 0.00480. The molecule has 0 aromatic heterocycles. The zero-order valence-electron chi connectivity index (χ0n) is 30.4. The molecule has 0 bridgehead atoms. The van der Waals surface area contributed by atoms with Gasteiger partial charge in [0.05, 0.1) is 35.3 Å². The van der Waals surface area contributed by atoms with Crippen molar-refractivity contribution in [2.45, 2.75) is 150 Å². The van der Waals surface area contributed by atoms with Crippen LogP contribution in [0, 0.1) is 0 Å².